The van der Waals surface area contributed by atoms with Crippen molar-refractivity contribution in [2.24, 2.45) is 11.1 Å². The highest BCUT2D eigenvalue weighted by Crippen LogP contribution is 2.27. The molecule has 1 aliphatic rings. The second-order valence-corrected chi connectivity index (χ2v) is 5.61. The van der Waals surface area contributed by atoms with Crippen LogP contribution in [-0.2, 0) is 0 Å². The van der Waals surface area contributed by atoms with Gasteiger partial charge in [-0.15, -0.1) is 0 Å². The third-order valence-corrected chi connectivity index (χ3v) is 3.70. The number of nitrogens with zero attached hydrogens (tertiary/aromatic N) is 1. The average Bonchev–Trinajstić information content (AvgIpc) is 3.01. The summed E-state index contributed by atoms with van der Waals surface area (Å²) in [5.41, 5.74) is 5.46. The molecule has 0 heterocycles. The van der Waals surface area contributed by atoms with Crippen molar-refractivity contribution in [2.45, 2.75) is 58.9 Å². The van der Waals surface area contributed by atoms with Gasteiger partial charge in [0.1, 0.15) is 0 Å². The summed E-state index contributed by atoms with van der Waals surface area (Å²) in [7, 11) is 0. The minimum absolute atomic E-state index is 0.114. The molecule has 0 amide bonds. The van der Waals surface area contributed by atoms with Gasteiger partial charge in [-0.1, -0.05) is 27.2 Å². The molecule has 1 aliphatic carbocycles. The van der Waals surface area contributed by atoms with E-state index in [0.717, 1.165) is 12.5 Å². The summed E-state index contributed by atoms with van der Waals surface area (Å²) in [5.74, 6) is 0.321. The van der Waals surface area contributed by atoms with E-state index in [9.17, 15) is 0 Å². The van der Waals surface area contributed by atoms with Crippen LogP contribution in [0.2, 0.25) is 0 Å². The molecule has 94 valence electrons. The van der Waals surface area contributed by atoms with Gasteiger partial charge in [0.2, 0.25) is 0 Å². The van der Waals surface area contributed by atoms with Crippen molar-refractivity contribution in [2.75, 3.05) is 13.1 Å². The van der Waals surface area contributed by atoms with Crippen LogP contribution in [0, 0.1) is 10.8 Å². The second-order valence-electron chi connectivity index (χ2n) is 5.61. The molecule has 0 unspecified atom stereocenters. The minimum atomic E-state index is -0.114. The normalized spacial score (nSPS) is 16.8. The Hall–Kier alpha value is -0.570. The molecule has 0 spiro atoms. The lowest BCUT2D eigenvalue weighted by Crippen LogP contribution is -2.31. The quantitative estimate of drug-likeness (QED) is 0.379. The first-order chi connectivity index (χ1) is 7.47. The van der Waals surface area contributed by atoms with Crippen LogP contribution in [0.25, 0.3) is 0 Å². The van der Waals surface area contributed by atoms with E-state index in [0.29, 0.717) is 5.84 Å². The number of hydrogen-bond acceptors (Lipinski definition) is 2. The van der Waals surface area contributed by atoms with Gasteiger partial charge >= 0.3 is 0 Å². The van der Waals surface area contributed by atoms with Crippen LogP contribution in [0.1, 0.15) is 52.9 Å². The Balaban J connectivity index is 2.13. The molecule has 0 bridgehead atoms. The third kappa shape index (κ3) is 4.12. The fourth-order valence-electron chi connectivity index (χ4n) is 2.06. The van der Waals surface area contributed by atoms with Crippen LogP contribution in [0.4, 0.5) is 0 Å². The van der Waals surface area contributed by atoms with Gasteiger partial charge < -0.3 is 10.6 Å². The molecule has 0 aromatic heterocycles. The van der Waals surface area contributed by atoms with Crippen molar-refractivity contribution in [1.82, 2.24) is 4.90 Å². The highest BCUT2D eigenvalue weighted by atomic mass is 15.2. The fraction of sp³-hybridized carbons (Fsp3) is 0.923. The molecule has 0 aliphatic heterocycles. The van der Waals surface area contributed by atoms with Gasteiger partial charge in [0, 0.05) is 11.5 Å². The lowest BCUT2D eigenvalue weighted by Gasteiger charge is -2.24. The Kier molecular flexibility index (Phi) is 4.78. The Morgan fingerprint density at radius 3 is 2.44 bits per heavy atom. The molecule has 3 nitrogen and oxygen atoms in total. The summed E-state index contributed by atoms with van der Waals surface area (Å²) in [6, 6.07) is 0.880. The maximum Gasteiger partial charge on any atom is 0.0963 e. The SMILES string of the molecule is CCN(CCCCC(C)(C)C(=N)N)C1CC1. The predicted molar refractivity (Wildman–Crippen MR) is 69.8 cm³/mol. The maximum atomic E-state index is 7.50. The van der Waals surface area contributed by atoms with Crippen LogP contribution in [0.5, 0.6) is 0 Å². The Labute approximate surface area is 99.9 Å². The van der Waals surface area contributed by atoms with Gasteiger partial charge in [-0.05, 0) is 38.8 Å². The molecule has 0 aromatic rings. The highest BCUT2D eigenvalue weighted by Gasteiger charge is 2.27. The molecule has 1 saturated carbocycles. The standard InChI is InChI=1S/C13H27N3/c1-4-16(11-7-8-11)10-6-5-9-13(2,3)12(14)15/h11H,4-10H2,1-3H3,(H3,14,15). The van der Waals surface area contributed by atoms with Crippen LogP contribution >= 0.6 is 0 Å². The molecule has 0 radical (unpaired) electrons. The van der Waals surface area contributed by atoms with Gasteiger partial charge in [-0.2, -0.15) is 0 Å². The van der Waals surface area contributed by atoms with E-state index in [1.807, 2.05) is 0 Å². The summed E-state index contributed by atoms with van der Waals surface area (Å²) in [4.78, 5) is 2.58. The lowest BCUT2D eigenvalue weighted by atomic mass is 9.86. The van der Waals surface area contributed by atoms with Crippen molar-refractivity contribution >= 4 is 5.84 Å². The zero-order valence-electron chi connectivity index (χ0n) is 11.1. The van der Waals surface area contributed by atoms with E-state index in [1.54, 1.807) is 0 Å². The molecule has 3 N–H and O–H groups in total. The maximum absolute atomic E-state index is 7.50. The van der Waals surface area contributed by atoms with Gasteiger partial charge in [0.25, 0.3) is 0 Å². The fourth-order valence-corrected chi connectivity index (χ4v) is 2.06. The van der Waals surface area contributed by atoms with E-state index in [4.69, 9.17) is 11.1 Å². The van der Waals surface area contributed by atoms with Crippen LogP contribution in [-0.4, -0.2) is 29.9 Å². The summed E-state index contributed by atoms with van der Waals surface area (Å²) in [6.45, 7) is 8.77. The average molecular weight is 225 g/mol. The molecular formula is C13H27N3. The van der Waals surface area contributed by atoms with Gasteiger partial charge in [0.15, 0.2) is 0 Å². The Bertz CT molecular complexity index is 231. The van der Waals surface area contributed by atoms with Crippen molar-refractivity contribution in [3.8, 4) is 0 Å². The Morgan fingerprint density at radius 2 is 2.00 bits per heavy atom. The van der Waals surface area contributed by atoms with Crippen molar-refractivity contribution in [3.63, 3.8) is 0 Å². The summed E-state index contributed by atoms with van der Waals surface area (Å²) < 4.78 is 0. The van der Waals surface area contributed by atoms with E-state index < -0.39 is 0 Å². The predicted octanol–water partition coefficient (Wildman–Crippen LogP) is 2.60. The van der Waals surface area contributed by atoms with Crippen LogP contribution in [0.15, 0.2) is 0 Å². The highest BCUT2D eigenvalue weighted by molar-refractivity contribution is 5.82. The molecule has 0 saturated heterocycles. The molecule has 0 atom stereocenters. The van der Waals surface area contributed by atoms with Crippen molar-refractivity contribution < 1.29 is 0 Å². The van der Waals surface area contributed by atoms with E-state index in [-0.39, 0.29) is 5.41 Å². The summed E-state index contributed by atoms with van der Waals surface area (Å²) in [6.07, 6.45) is 6.24. The molecule has 3 heteroatoms. The van der Waals surface area contributed by atoms with Crippen LogP contribution < -0.4 is 5.73 Å². The number of hydrogen-bond donors (Lipinski definition) is 2. The van der Waals surface area contributed by atoms with Gasteiger partial charge in [-0.25, -0.2) is 0 Å². The molecular weight excluding hydrogens is 198 g/mol. The first kappa shape index (κ1) is 13.5. The largest absolute Gasteiger partial charge is 0.387 e. The molecule has 16 heavy (non-hydrogen) atoms. The zero-order valence-corrected chi connectivity index (χ0v) is 11.1. The first-order valence-corrected chi connectivity index (χ1v) is 6.56. The monoisotopic (exact) mass is 225 g/mol. The molecule has 0 aromatic carbocycles. The van der Waals surface area contributed by atoms with Crippen molar-refractivity contribution in [3.05, 3.63) is 0 Å². The Morgan fingerprint density at radius 1 is 1.38 bits per heavy atom. The number of unbranched alkanes of at least 4 members (excludes halogenated alkanes) is 1. The smallest absolute Gasteiger partial charge is 0.0963 e. The molecule has 1 fully saturated rings. The topological polar surface area (TPSA) is 53.1 Å². The summed E-state index contributed by atoms with van der Waals surface area (Å²) in [5, 5.41) is 7.50. The number of rotatable bonds is 8. The minimum Gasteiger partial charge on any atom is -0.387 e. The number of nitrogens with two attached hydrogens (primary N) is 1. The number of amidine groups is 1. The van der Waals surface area contributed by atoms with Gasteiger partial charge in [0.05, 0.1) is 5.84 Å². The zero-order chi connectivity index (χ0) is 12.2. The van der Waals surface area contributed by atoms with Crippen LogP contribution in [0.3, 0.4) is 0 Å². The van der Waals surface area contributed by atoms with Gasteiger partial charge in [-0.3, -0.25) is 5.41 Å². The first-order valence-electron chi connectivity index (χ1n) is 6.56. The van der Waals surface area contributed by atoms with Crippen molar-refractivity contribution in [1.29, 1.82) is 5.41 Å². The third-order valence-electron chi connectivity index (χ3n) is 3.70. The van der Waals surface area contributed by atoms with E-state index >= 15 is 0 Å². The second kappa shape index (κ2) is 5.67. The summed E-state index contributed by atoms with van der Waals surface area (Å²) >= 11 is 0. The van der Waals surface area contributed by atoms with E-state index in [2.05, 4.69) is 25.7 Å². The lowest BCUT2D eigenvalue weighted by molar-refractivity contribution is 0.266. The number of nitrogens with one attached hydrogen (secondary N) is 1. The van der Waals surface area contributed by atoms with E-state index in [1.165, 1.54) is 38.8 Å². The molecule has 1 rings (SSSR count).